The predicted octanol–water partition coefficient (Wildman–Crippen LogP) is 1.83. The van der Waals surface area contributed by atoms with E-state index in [0.717, 1.165) is 6.07 Å². The Hall–Kier alpha value is -1.54. The molecule has 2 rings (SSSR count). The first-order valence-electron chi connectivity index (χ1n) is 6.05. The van der Waals surface area contributed by atoms with Crippen LogP contribution in [0.15, 0.2) is 12.3 Å². The Balaban J connectivity index is 2.34. The molecular weight excluding hydrogens is 311 g/mol. The van der Waals surface area contributed by atoms with Crippen molar-refractivity contribution in [3.63, 3.8) is 0 Å². The SMILES string of the molecule is CO[C@H]1C[C@@H](C(N)=O)N(c2ncc(C(F)(F)F)cc2Cl)C1. The molecule has 2 N–H and O–H groups in total. The fraction of sp³-hybridized carbons (Fsp3) is 0.500. The van der Waals surface area contributed by atoms with Gasteiger partial charge < -0.3 is 15.4 Å². The number of aromatic nitrogens is 1. The van der Waals surface area contributed by atoms with Crippen LogP contribution in [0.3, 0.4) is 0 Å². The van der Waals surface area contributed by atoms with Crippen molar-refractivity contribution in [3.8, 4) is 0 Å². The minimum Gasteiger partial charge on any atom is -0.380 e. The van der Waals surface area contributed by atoms with Crippen LogP contribution in [0.2, 0.25) is 5.02 Å². The van der Waals surface area contributed by atoms with Gasteiger partial charge in [0.05, 0.1) is 16.7 Å². The molecule has 116 valence electrons. The van der Waals surface area contributed by atoms with Crippen LogP contribution in [0.1, 0.15) is 12.0 Å². The maximum absolute atomic E-state index is 12.6. The van der Waals surface area contributed by atoms with Gasteiger partial charge in [-0.3, -0.25) is 4.79 Å². The number of nitrogens with two attached hydrogens (primary N) is 1. The molecule has 0 aromatic carbocycles. The summed E-state index contributed by atoms with van der Waals surface area (Å²) in [5.74, 6) is -0.514. The highest BCUT2D eigenvalue weighted by Gasteiger charge is 2.38. The number of ether oxygens (including phenoxy) is 1. The second kappa shape index (κ2) is 5.69. The Morgan fingerprint density at radius 3 is 2.71 bits per heavy atom. The van der Waals surface area contributed by atoms with E-state index in [1.165, 1.54) is 12.0 Å². The topological polar surface area (TPSA) is 68.5 Å². The van der Waals surface area contributed by atoms with Crippen molar-refractivity contribution in [2.75, 3.05) is 18.6 Å². The van der Waals surface area contributed by atoms with E-state index in [-0.39, 0.29) is 23.5 Å². The Kier molecular flexibility index (Phi) is 4.29. The fourth-order valence-corrected chi connectivity index (χ4v) is 2.54. The van der Waals surface area contributed by atoms with Gasteiger partial charge in [-0.15, -0.1) is 0 Å². The van der Waals surface area contributed by atoms with E-state index < -0.39 is 23.7 Å². The lowest BCUT2D eigenvalue weighted by atomic mass is 10.2. The van der Waals surface area contributed by atoms with E-state index in [4.69, 9.17) is 22.1 Å². The van der Waals surface area contributed by atoms with Crippen molar-refractivity contribution in [3.05, 3.63) is 22.8 Å². The summed E-state index contributed by atoms with van der Waals surface area (Å²) in [6.45, 7) is 0.280. The number of hydrogen-bond acceptors (Lipinski definition) is 4. The molecule has 1 aliphatic heterocycles. The molecule has 0 bridgehead atoms. The predicted molar refractivity (Wildman–Crippen MR) is 70.0 cm³/mol. The lowest BCUT2D eigenvalue weighted by Crippen LogP contribution is -2.41. The van der Waals surface area contributed by atoms with Crippen molar-refractivity contribution in [2.45, 2.75) is 24.7 Å². The van der Waals surface area contributed by atoms with Gasteiger partial charge >= 0.3 is 6.18 Å². The molecule has 1 amide bonds. The zero-order valence-corrected chi connectivity index (χ0v) is 11.8. The fourth-order valence-electron chi connectivity index (χ4n) is 2.27. The maximum atomic E-state index is 12.6. The Bertz CT molecular complexity index is 553. The van der Waals surface area contributed by atoms with Gasteiger partial charge in [-0.2, -0.15) is 13.2 Å². The second-order valence-corrected chi connectivity index (χ2v) is 5.10. The standard InChI is InChI=1S/C12H13ClF3N3O2/c1-21-7-3-9(10(17)20)19(5-7)11-8(13)2-6(4-18-11)12(14,15)16/h2,4,7,9H,3,5H2,1H3,(H2,17,20)/t7-,9-/m0/s1. The number of carbonyl (C=O) groups is 1. The number of methoxy groups -OCH3 is 1. The maximum Gasteiger partial charge on any atom is 0.417 e. The molecule has 1 fully saturated rings. The number of pyridine rings is 1. The molecule has 0 saturated carbocycles. The number of carbonyl (C=O) groups excluding carboxylic acids is 1. The van der Waals surface area contributed by atoms with Crippen LogP contribution < -0.4 is 10.6 Å². The average molecular weight is 324 g/mol. The van der Waals surface area contributed by atoms with Gasteiger partial charge in [0.25, 0.3) is 0 Å². The number of halogens is 4. The molecule has 2 atom stereocenters. The molecule has 0 radical (unpaired) electrons. The molecule has 5 nitrogen and oxygen atoms in total. The van der Waals surface area contributed by atoms with Crippen LogP contribution in [0.5, 0.6) is 0 Å². The molecule has 0 aliphatic carbocycles. The van der Waals surface area contributed by atoms with Gasteiger partial charge in [-0.1, -0.05) is 11.6 Å². The zero-order valence-electron chi connectivity index (χ0n) is 11.0. The highest BCUT2D eigenvalue weighted by molar-refractivity contribution is 6.33. The van der Waals surface area contributed by atoms with Crippen molar-refractivity contribution in [1.29, 1.82) is 0 Å². The minimum absolute atomic E-state index is 0.0908. The van der Waals surface area contributed by atoms with E-state index in [1.54, 1.807) is 0 Å². The average Bonchev–Trinajstić information content (AvgIpc) is 2.81. The van der Waals surface area contributed by atoms with E-state index in [2.05, 4.69) is 4.98 Å². The van der Waals surface area contributed by atoms with Crippen molar-refractivity contribution in [2.24, 2.45) is 5.73 Å². The smallest absolute Gasteiger partial charge is 0.380 e. The molecule has 0 unspecified atom stereocenters. The summed E-state index contributed by atoms with van der Waals surface area (Å²) >= 11 is 5.88. The Morgan fingerprint density at radius 1 is 1.57 bits per heavy atom. The molecule has 21 heavy (non-hydrogen) atoms. The normalized spacial score (nSPS) is 22.6. The van der Waals surface area contributed by atoms with Crippen LogP contribution in [0, 0.1) is 0 Å². The Morgan fingerprint density at radius 2 is 2.24 bits per heavy atom. The Labute approximate surface area is 123 Å². The lowest BCUT2D eigenvalue weighted by molar-refractivity contribution is -0.137. The number of rotatable bonds is 3. The first kappa shape index (κ1) is 15.8. The molecule has 1 aromatic heterocycles. The highest BCUT2D eigenvalue weighted by Crippen LogP contribution is 2.35. The van der Waals surface area contributed by atoms with E-state index in [1.807, 2.05) is 0 Å². The van der Waals surface area contributed by atoms with E-state index in [9.17, 15) is 18.0 Å². The van der Waals surface area contributed by atoms with Crippen molar-refractivity contribution >= 4 is 23.3 Å². The van der Waals surface area contributed by atoms with Gasteiger partial charge in [-0.05, 0) is 6.07 Å². The van der Waals surface area contributed by atoms with Crippen LogP contribution in [0.4, 0.5) is 19.0 Å². The van der Waals surface area contributed by atoms with Crippen LogP contribution in [-0.4, -0.2) is 36.7 Å². The number of nitrogens with zero attached hydrogens (tertiary/aromatic N) is 2. The third-order valence-electron chi connectivity index (χ3n) is 3.35. The molecule has 9 heteroatoms. The molecule has 1 aromatic rings. The van der Waals surface area contributed by atoms with Crippen LogP contribution in [0.25, 0.3) is 0 Å². The van der Waals surface area contributed by atoms with Crippen molar-refractivity contribution in [1.82, 2.24) is 4.98 Å². The van der Waals surface area contributed by atoms with Gasteiger partial charge in [0.1, 0.15) is 11.9 Å². The van der Waals surface area contributed by atoms with Crippen LogP contribution >= 0.6 is 11.6 Å². The number of alkyl halides is 3. The third kappa shape index (κ3) is 3.21. The largest absolute Gasteiger partial charge is 0.417 e. The van der Waals surface area contributed by atoms with E-state index in [0.29, 0.717) is 12.6 Å². The summed E-state index contributed by atoms with van der Waals surface area (Å²) in [6.07, 6.45) is -3.77. The molecular formula is C12H13ClF3N3O2. The summed E-state index contributed by atoms with van der Waals surface area (Å²) in [5, 5.41) is -0.187. The first-order chi connectivity index (χ1) is 9.74. The number of primary amides is 1. The summed E-state index contributed by atoms with van der Waals surface area (Å²) in [4.78, 5) is 16.7. The summed E-state index contributed by atoms with van der Waals surface area (Å²) in [7, 11) is 1.48. The van der Waals surface area contributed by atoms with Gasteiger partial charge in [0.2, 0.25) is 5.91 Å². The van der Waals surface area contributed by atoms with E-state index >= 15 is 0 Å². The monoisotopic (exact) mass is 323 g/mol. The number of anilines is 1. The quantitative estimate of drug-likeness (QED) is 0.921. The van der Waals surface area contributed by atoms with Gasteiger partial charge in [0, 0.05) is 26.3 Å². The van der Waals surface area contributed by atoms with Crippen molar-refractivity contribution < 1.29 is 22.7 Å². The van der Waals surface area contributed by atoms with Gasteiger partial charge in [-0.25, -0.2) is 4.98 Å². The molecule has 1 aliphatic rings. The minimum atomic E-state index is -4.53. The number of amides is 1. The molecule has 2 heterocycles. The lowest BCUT2D eigenvalue weighted by Gasteiger charge is -2.24. The summed E-state index contributed by atoms with van der Waals surface area (Å²) < 4.78 is 42.9. The number of hydrogen-bond donors (Lipinski definition) is 1. The highest BCUT2D eigenvalue weighted by atomic mass is 35.5. The molecule has 0 spiro atoms. The molecule has 1 saturated heterocycles. The summed E-state index contributed by atoms with van der Waals surface area (Å²) in [5.41, 5.74) is 4.35. The van der Waals surface area contributed by atoms with Gasteiger partial charge in [0.15, 0.2) is 0 Å². The summed E-state index contributed by atoms with van der Waals surface area (Å²) in [6, 6.07) is 0.0684. The third-order valence-corrected chi connectivity index (χ3v) is 3.62. The first-order valence-corrected chi connectivity index (χ1v) is 6.43. The zero-order chi connectivity index (χ0) is 15.8. The van der Waals surface area contributed by atoms with Crippen LogP contribution in [-0.2, 0) is 15.7 Å². The second-order valence-electron chi connectivity index (χ2n) is 4.69.